The number of carboxylic acid groups (broad SMARTS) is 1. The van der Waals surface area contributed by atoms with E-state index in [4.69, 9.17) is 5.11 Å². The fourth-order valence-corrected chi connectivity index (χ4v) is 2.69. The van der Waals surface area contributed by atoms with Gasteiger partial charge in [0.25, 0.3) is 0 Å². The number of aryl methyl sites for hydroxylation is 1. The number of nitrogens with zero attached hydrogens (tertiary/aromatic N) is 4. The summed E-state index contributed by atoms with van der Waals surface area (Å²) in [7, 11) is 0. The average Bonchev–Trinajstić information content (AvgIpc) is 2.79. The molecule has 2 aromatic heterocycles. The van der Waals surface area contributed by atoms with E-state index in [2.05, 4.69) is 28.8 Å². The molecule has 21 heavy (non-hydrogen) atoms. The van der Waals surface area contributed by atoms with Crippen LogP contribution in [0.2, 0.25) is 0 Å². The second kappa shape index (κ2) is 6.71. The van der Waals surface area contributed by atoms with Gasteiger partial charge in [0, 0.05) is 18.1 Å². The molecule has 0 atom stereocenters. The van der Waals surface area contributed by atoms with E-state index >= 15 is 0 Å². The van der Waals surface area contributed by atoms with Gasteiger partial charge < -0.3 is 9.67 Å². The Morgan fingerprint density at radius 2 is 2.19 bits per heavy atom. The van der Waals surface area contributed by atoms with Crippen LogP contribution >= 0.6 is 11.8 Å². The summed E-state index contributed by atoms with van der Waals surface area (Å²) < 4.78 is 2.03. The molecule has 7 heteroatoms. The van der Waals surface area contributed by atoms with E-state index in [0.717, 1.165) is 17.2 Å². The highest BCUT2D eigenvalue weighted by molar-refractivity contribution is 7.99. The second-order valence-corrected chi connectivity index (χ2v) is 5.93. The number of carboxylic acids is 1. The summed E-state index contributed by atoms with van der Waals surface area (Å²) >= 11 is 1.23. The maximum Gasteiger partial charge on any atom is 0.313 e. The molecule has 0 aromatic carbocycles. The smallest absolute Gasteiger partial charge is 0.313 e. The van der Waals surface area contributed by atoms with Crippen LogP contribution in [-0.2, 0) is 11.3 Å². The molecule has 0 amide bonds. The zero-order valence-electron chi connectivity index (χ0n) is 12.3. The lowest BCUT2D eigenvalue weighted by molar-refractivity contribution is -0.133. The molecule has 2 rings (SSSR count). The second-order valence-electron chi connectivity index (χ2n) is 4.98. The van der Waals surface area contributed by atoms with Gasteiger partial charge in [-0.2, -0.15) is 0 Å². The Hall–Kier alpha value is -1.89. The minimum atomic E-state index is -0.849. The number of carbonyl (C=O) groups is 1. The van der Waals surface area contributed by atoms with Crippen LogP contribution in [0.15, 0.2) is 23.6 Å². The molecular formula is C14H18N4O2S. The van der Waals surface area contributed by atoms with Crippen molar-refractivity contribution in [2.75, 3.05) is 5.75 Å². The number of rotatable bonds is 6. The molecule has 112 valence electrons. The van der Waals surface area contributed by atoms with Crippen LogP contribution in [0.3, 0.4) is 0 Å². The molecule has 2 aromatic rings. The molecule has 0 aliphatic heterocycles. The topological polar surface area (TPSA) is 80.9 Å². The van der Waals surface area contributed by atoms with Crippen LogP contribution in [0, 0.1) is 6.92 Å². The van der Waals surface area contributed by atoms with Crippen LogP contribution < -0.4 is 0 Å². The van der Waals surface area contributed by atoms with Gasteiger partial charge in [-0.15, -0.1) is 0 Å². The number of aliphatic carboxylic acids is 1. The SMILES string of the molecule is Cc1nccc(Cn2c(C(C)C)cnc2SCC(=O)O)n1. The van der Waals surface area contributed by atoms with Crippen molar-refractivity contribution < 1.29 is 9.90 Å². The summed E-state index contributed by atoms with van der Waals surface area (Å²) in [5.41, 5.74) is 1.96. The third-order valence-electron chi connectivity index (χ3n) is 2.92. The maximum atomic E-state index is 10.7. The van der Waals surface area contributed by atoms with Gasteiger partial charge in [0.05, 0.1) is 18.0 Å². The lowest BCUT2D eigenvalue weighted by Crippen LogP contribution is -2.10. The standard InChI is InChI=1S/C14H18N4O2S/c1-9(2)12-6-16-14(21-8-13(19)20)18(12)7-11-4-5-15-10(3)17-11/h4-6,9H,7-8H2,1-3H3,(H,19,20). The molecule has 0 unspecified atom stereocenters. The minimum Gasteiger partial charge on any atom is -0.481 e. The summed E-state index contributed by atoms with van der Waals surface area (Å²) in [5.74, 6) is 0.175. The lowest BCUT2D eigenvalue weighted by atomic mass is 10.1. The summed E-state index contributed by atoms with van der Waals surface area (Å²) in [4.78, 5) is 23.6. The lowest BCUT2D eigenvalue weighted by Gasteiger charge is -2.13. The first-order chi connectivity index (χ1) is 9.97. The first-order valence-electron chi connectivity index (χ1n) is 6.66. The number of thioether (sulfide) groups is 1. The van der Waals surface area contributed by atoms with E-state index < -0.39 is 5.97 Å². The van der Waals surface area contributed by atoms with Gasteiger partial charge in [0.2, 0.25) is 0 Å². The van der Waals surface area contributed by atoms with Crippen LogP contribution in [0.1, 0.15) is 37.0 Å². The van der Waals surface area contributed by atoms with Crippen molar-refractivity contribution in [3.63, 3.8) is 0 Å². The number of aromatic nitrogens is 4. The van der Waals surface area contributed by atoms with Crippen LogP contribution in [0.4, 0.5) is 0 Å². The van der Waals surface area contributed by atoms with E-state index in [1.54, 1.807) is 6.20 Å². The van der Waals surface area contributed by atoms with Gasteiger partial charge in [-0.3, -0.25) is 4.79 Å². The van der Waals surface area contributed by atoms with E-state index in [9.17, 15) is 4.79 Å². The summed E-state index contributed by atoms with van der Waals surface area (Å²) in [6.45, 7) is 6.59. The average molecular weight is 306 g/mol. The highest BCUT2D eigenvalue weighted by Crippen LogP contribution is 2.24. The van der Waals surface area contributed by atoms with Gasteiger partial charge >= 0.3 is 5.97 Å². The predicted octanol–water partition coefficient (Wildman–Crippen LogP) is 2.33. The Balaban J connectivity index is 2.30. The monoisotopic (exact) mass is 306 g/mol. The fraction of sp³-hybridized carbons (Fsp3) is 0.429. The van der Waals surface area contributed by atoms with Crippen LogP contribution in [0.25, 0.3) is 0 Å². The molecule has 0 aliphatic carbocycles. The Bertz CT molecular complexity index is 640. The van der Waals surface area contributed by atoms with Crippen LogP contribution in [-0.4, -0.2) is 36.3 Å². The van der Waals surface area contributed by atoms with Crippen molar-refractivity contribution in [3.05, 3.63) is 35.7 Å². The molecule has 0 saturated heterocycles. The summed E-state index contributed by atoms with van der Waals surface area (Å²) in [6.07, 6.45) is 3.54. The summed E-state index contributed by atoms with van der Waals surface area (Å²) in [5, 5.41) is 9.54. The number of imidazole rings is 1. The zero-order chi connectivity index (χ0) is 15.4. The van der Waals surface area contributed by atoms with Crippen molar-refractivity contribution in [2.45, 2.75) is 38.4 Å². The van der Waals surface area contributed by atoms with Gasteiger partial charge in [-0.1, -0.05) is 25.6 Å². The number of hydrogen-bond donors (Lipinski definition) is 1. The Labute approximate surface area is 127 Å². The zero-order valence-corrected chi connectivity index (χ0v) is 13.1. The van der Waals surface area contributed by atoms with Crippen molar-refractivity contribution in [2.24, 2.45) is 0 Å². The molecule has 0 aliphatic rings. The van der Waals surface area contributed by atoms with Gasteiger partial charge in [0.1, 0.15) is 5.82 Å². The highest BCUT2D eigenvalue weighted by atomic mass is 32.2. The Morgan fingerprint density at radius 3 is 2.81 bits per heavy atom. The van der Waals surface area contributed by atoms with E-state index in [0.29, 0.717) is 17.6 Å². The molecule has 0 radical (unpaired) electrons. The largest absolute Gasteiger partial charge is 0.481 e. The molecule has 0 spiro atoms. The maximum absolute atomic E-state index is 10.7. The number of hydrogen-bond acceptors (Lipinski definition) is 5. The molecular weight excluding hydrogens is 288 g/mol. The first kappa shape index (κ1) is 15.5. The fourth-order valence-electron chi connectivity index (χ4n) is 1.99. The van der Waals surface area contributed by atoms with Gasteiger partial charge in [-0.25, -0.2) is 15.0 Å². The Morgan fingerprint density at radius 1 is 1.43 bits per heavy atom. The Kier molecular flexibility index (Phi) is 4.95. The van der Waals surface area contributed by atoms with Gasteiger partial charge in [0.15, 0.2) is 5.16 Å². The normalized spacial score (nSPS) is 11.0. The van der Waals surface area contributed by atoms with E-state index in [1.165, 1.54) is 11.8 Å². The van der Waals surface area contributed by atoms with E-state index in [1.807, 2.05) is 23.8 Å². The quantitative estimate of drug-likeness (QED) is 0.825. The van der Waals surface area contributed by atoms with Crippen molar-refractivity contribution >= 4 is 17.7 Å². The summed E-state index contributed by atoms with van der Waals surface area (Å²) in [6, 6.07) is 1.86. The van der Waals surface area contributed by atoms with E-state index in [-0.39, 0.29) is 5.75 Å². The highest BCUT2D eigenvalue weighted by Gasteiger charge is 2.15. The van der Waals surface area contributed by atoms with Crippen molar-refractivity contribution in [3.8, 4) is 0 Å². The molecule has 1 N–H and O–H groups in total. The predicted molar refractivity (Wildman–Crippen MR) is 80.5 cm³/mol. The van der Waals surface area contributed by atoms with Crippen molar-refractivity contribution in [1.82, 2.24) is 19.5 Å². The molecule has 0 saturated carbocycles. The molecule has 0 fully saturated rings. The molecule has 2 heterocycles. The van der Waals surface area contributed by atoms with Crippen molar-refractivity contribution in [1.29, 1.82) is 0 Å². The third kappa shape index (κ3) is 4.04. The van der Waals surface area contributed by atoms with Gasteiger partial charge in [-0.05, 0) is 18.9 Å². The molecule has 6 nitrogen and oxygen atoms in total. The third-order valence-corrected chi connectivity index (χ3v) is 3.90. The molecule has 0 bridgehead atoms. The minimum absolute atomic E-state index is 0.00263. The first-order valence-corrected chi connectivity index (χ1v) is 7.64. The van der Waals surface area contributed by atoms with Crippen LogP contribution in [0.5, 0.6) is 0 Å².